The van der Waals surface area contributed by atoms with E-state index in [4.69, 9.17) is 4.42 Å². The third-order valence-corrected chi connectivity index (χ3v) is 4.19. The molecule has 0 aliphatic rings. The van der Waals surface area contributed by atoms with E-state index in [0.717, 1.165) is 17.2 Å². The highest BCUT2D eigenvalue weighted by atomic mass is 19.1. The Labute approximate surface area is 148 Å². The number of nitrogens with zero attached hydrogens (tertiary/aromatic N) is 1. The smallest absolute Gasteiger partial charge is 0.153 e. The van der Waals surface area contributed by atoms with Gasteiger partial charge in [0, 0.05) is 16.5 Å². The molecule has 0 atom stereocenters. The van der Waals surface area contributed by atoms with Gasteiger partial charge in [0.1, 0.15) is 17.3 Å². The van der Waals surface area contributed by atoms with Crippen LogP contribution in [0.25, 0.3) is 33.7 Å². The van der Waals surface area contributed by atoms with Crippen molar-refractivity contribution < 1.29 is 18.7 Å². The summed E-state index contributed by atoms with van der Waals surface area (Å²) >= 11 is 0. The van der Waals surface area contributed by atoms with Crippen LogP contribution in [0.3, 0.4) is 0 Å². The molecule has 26 heavy (non-hydrogen) atoms. The molecule has 0 fully saturated rings. The Kier molecular flexibility index (Phi) is 3.77. The molecule has 2 heterocycles. The molecule has 0 aliphatic heterocycles. The monoisotopic (exact) mass is 346 g/mol. The lowest BCUT2D eigenvalue weighted by Gasteiger charge is -2.09. The first-order chi connectivity index (χ1) is 12.5. The standard InChI is InChI=1S/C21H14FNO3/c1-12-2-4-13(5-3-12)19-8-9-20(26-19)18-11-16(21(24)25)15-10-14(22)6-7-17(15)23-18/h2-11H,1H3,(H,24,25)/p-1. The number of furan rings is 1. The van der Waals surface area contributed by atoms with E-state index in [1.54, 1.807) is 12.1 Å². The molecule has 0 radical (unpaired) electrons. The largest absolute Gasteiger partial charge is 0.545 e. The zero-order chi connectivity index (χ0) is 18.3. The third-order valence-electron chi connectivity index (χ3n) is 4.19. The fourth-order valence-corrected chi connectivity index (χ4v) is 2.84. The van der Waals surface area contributed by atoms with Gasteiger partial charge in [0.15, 0.2) is 5.76 Å². The van der Waals surface area contributed by atoms with Crippen molar-refractivity contribution in [3.05, 3.63) is 77.6 Å². The SMILES string of the molecule is Cc1ccc(-c2ccc(-c3cc(C(=O)[O-])c4cc(F)ccc4n3)o2)cc1. The number of carbonyl (C=O) groups excluding carboxylic acids is 1. The third kappa shape index (κ3) is 2.84. The summed E-state index contributed by atoms with van der Waals surface area (Å²) in [6.07, 6.45) is 0. The van der Waals surface area contributed by atoms with Crippen molar-refractivity contribution >= 4 is 16.9 Å². The van der Waals surface area contributed by atoms with Gasteiger partial charge in [-0.1, -0.05) is 29.8 Å². The van der Waals surface area contributed by atoms with E-state index in [1.807, 2.05) is 31.2 Å². The molecule has 0 unspecified atom stereocenters. The number of pyridine rings is 1. The number of fused-ring (bicyclic) bond motifs is 1. The minimum absolute atomic E-state index is 0.127. The zero-order valence-electron chi connectivity index (χ0n) is 13.8. The normalized spacial score (nSPS) is 11.0. The molecule has 5 heteroatoms. The van der Waals surface area contributed by atoms with Crippen molar-refractivity contribution in [2.75, 3.05) is 0 Å². The first kappa shape index (κ1) is 16.0. The van der Waals surface area contributed by atoms with Crippen LogP contribution in [0.2, 0.25) is 0 Å². The topological polar surface area (TPSA) is 66.2 Å². The summed E-state index contributed by atoms with van der Waals surface area (Å²) in [4.78, 5) is 15.9. The second-order valence-electron chi connectivity index (χ2n) is 6.03. The van der Waals surface area contributed by atoms with Crippen molar-refractivity contribution in [3.8, 4) is 22.8 Å². The van der Waals surface area contributed by atoms with Gasteiger partial charge < -0.3 is 14.3 Å². The Morgan fingerprint density at radius 3 is 2.46 bits per heavy atom. The maximum atomic E-state index is 13.5. The summed E-state index contributed by atoms with van der Waals surface area (Å²) in [5.41, 5.74) is 2.63. The number of hydrogen-bond acceptors (Lipinski definition) is 4. The molecule has 0 N–H and O–H groups in total. The number of carboxylic acids is 1. The highest BCUT2D eigenvalue weighted by Crippen LogP contribution is 2.30. The van der Waals surface area contributed by atoms with E-state index in [-0.39, 0.29) is 10.9 Å². The van der Waals surface area contributed by atoms with Crippen molar-refractivity contribution in [1.82, 2.24) is 4.98 Å². The number of benzene rings is 2. The van der Waals surface area contributed by atoms with Gasteiger partial charge in [0.25, 0.3) is 0 Å². The highest BCUT2D eigenvalue weighted by molar-refractivity contribution is 6.02. The zero-order valence-corrected chi connectivity index (χ0v) is 13.8. The van der Waals surface area contributed by atoms with E-state index < -0.39 is 11.8 Å². The molecular formula is C21H13FNO3-. The second kappa shape index (κ2) is 6.11. The average molecular weight is 346 g/mol. The molecular weight excluding hydrogens is 333 g/mol. The summed E-state index contributed by atoms with van der Waals surface area (Å²) in [5.74, 6) is -0.853. The summed E-state index contributed by atoms with van der Waals surface area (Å²) in [6.45, 7) is 2.00. The van der Waals surface area contributed by atoms with E-state index in [1.165, 1.54) is 18.2 Å². The van der Waals surface area contributed by atoms with Gasteiger partial charge in [0.05, 0.1) is 11.5 Å². The molecule has 0 amide bonds. The van der Waals surface area contributed by atoms with E-state index in [9.17, 15) is 14.3 Å². The fraction of sp³-hybridized carbons (Fsp3) is 0.0476. The predicted molar refractivity (Wildman–Crippen MR) is 93.9 cm³/mol. The number of aromatic nitrogens is 1. The minimum atomic E-state index is -1.39. The molecule has 0 saturated heterocycles. The molecule has 128 valence electrons. The number of hydrogen-bond donors (Lipinski definition) is 0. The van der Waals surface area contributed by atoms with Crippen LogP contribution in [0.4, 0.5) is 4.39 Å². The average Bonchev–Trinajstić information content (AvgIpc) is 3.11. The summed E-state index contributed by atoms with van der Waals surface area (Å²) in [5, 5.41) is 11.7. The Hall–Kier alpha value is -3.47. The molecule has 0 aliphatic carbocycles. The van der Waals surface area contributed by atoms with Crippen LogP contribution < -0.4 is 5.11 Å². The van der Waals surface area contributed by atoms with Crippen LogP contribution in [0.1, 0.15) is 15.9 Å². The van der Waals surface area contributed by atoms with Crippen LogP contribution >= 0.6 is 0 Å². The lowest BCUT2D eigenvalue weighted by Crippen LogP contribution is -2.22. The van der Waals surface area contributed by atoms with Crippen LogP contribution in [0.5, 0.6) is 0 Å². The summed E-state index contributed by atoms with van der Waals surface area (Å²) < 4.78 is 19.3. The first-order valence-electron chi connectivity index (χ1n) is 8.00. The Morgan fingerprint density at radius 1 is 1.00 bits per heavy atom. The quantitative estimate of drug-likeness (QED) is 0.563. The van der Waals surface area contributed by atoms with Gasteiger partial charge in [-0.2, -0.15) is 0 Å². The van der Waals surface area contributed by atoms with Crippen molar-refractivity contribution in [2.24, 2.45) is 0 Å². The fourth-order valence-electron chi connectivity index (χ4n) is 2.84. The van der Waals surface area contributed by atoms with Crippen molar-refractivity contribution in [2.45, 2.75) is 6.92 Å². The number of aromatic carboxylic acids is 1. The molecule has 4 aromatic rings. The molecule has 4 nitrogen and oxygen atoms in total. The van der Waals surface area contributed by atoms with Gasteiger partial charge in [-0.05, 0) is 43.3 Å². The van der Waals surface area contributed by atoms with Gasteiger partial charge in [-0.15, -0.1) is 0 Å². The van der Waals surface area contributed by atoms with Gasteiger partial charge >= 0.3 is 0 Å². The maximum absolute atomic E-state index is 13.5. The van der Waals surface area contributed by atoms with Crippen molar-refractivity contribution in [3.63, 3.8) is 0 Å². The summed E-state index contributed by atoms with van der Waals surface area (Å²) in [7, 11) is 0. The molecule has 4 rings (SSSR count). The van der Waals surface area contributed by atoms with Crippen LogP contribution in [0.15, 0.2) is 65.1 Å². The van der Waals surface area contributed by atoms with Crippen LogP contribution in [-0.4, -0.2) is 11.0 Å². The lowest BCUT2D eigenvalue weighted by atomic mass is 10.1. The predicted octanol–water partition coefficient (Wildman–Crippen LogP) is 3.97. The number of rotatable bonds is 3. The molecule has 0 saturated carbocycles. The van der Waals surface area contributed by atoms with E-state index in [2.05, 4.69) is 4.98 Å². The van der Waals surface area contributed by atoms with E-state index >= 15 is 0 Å². The number of aryl methyl sites for hydroxylation is 1. The first-order valence-corrected chi connectivity index (χ1v) is 8.00. The summed E-state index contributed by atoms with van der Waals surface area (Å²) in [6, 6.07) is 16.5. The van der Waals surface area contributed by atoms with Crippen LogP contribution in [0, 0.1) is 12.7 Å². The van der Waals surface area contributed by atoms with Gasteiger partial charge in [-0.25, -0.2) is 9.37 Å². The minimum Gasteiger partial charge on any atom is -0.545 e. The number of carboxylic acid groups (broad SMARTS) is 1. The second-order valence-corrected chi connectivity index (χ2v) is 6.03. The van der Waals surface area contributed by atoms with E-state index in [0.29, 0.717) is 22.7 Å². The molecule has 2 aromatic heterocycles. The Bertz CT molecular complexity index is 1130. The van der Waals surface area contributed by atoms with Crippen molar-refractivity contribution in [1.29, 1.82) is 0 Å². The molecule has 2 aromatic carbocycles. The molecule has 0 bridgehead atoms. The molecule has 0 spiro atoms. The lowest BCUT2D eigenvalue weighted by molar-refractivity contribution is -0.254. The highest BCUT2D eigenvalue weighted by Gasteiger charge is 2.13. The van der Waals surface area contributed by atoms with Gasteiger partial charge in [0.2, 0.25) is 0 Å². The van der Waals surface area contributed by atoms with Crippen LogP contribution in [-0.2, 0) is 0 Å². The van der Waals surface area contributed by atoms with Gasteiger partial charge in [-0.3, -0.25) is 0 Å². The number of carbonyl (C=O) groups is 1. The number of halogens is 1. The maximum Gasteiger partial charge on any atom is 0.153 e. The Balaban J connectivity index is 1.83. The Morgan fingerprint density at radius 2 is 1.73 bits per heavy atom.